The van der Waals surface area contributed by atoms with Crippen LogP contribution in [0.2, 0.25) is 5.02 Å². The fraction of sp³-hybridized carbons (Fsp3) is 0.385. The van der Waals surface area contributed by atoms with E-state index in [-0.39, 0.29) is 12.6 Å². The van der Waals surface area contributed by atoms with Gasteiger partial charge in [-0.2, -0.15) is 0 Å². The maximum Gasteiger partial charge on any atom is 0.321 e. The standard InChI is InChI=1S/C13H14BrClN2O3/c14-9-4-1-5-10(11(9)15)16-13(20)17-6-2-3-8(7-17)12(18)19/h1,4-5,8H,2-3,6-7H2,(H,16,20)(H,18,19). The molecule has 1 aliphatic heterocycles. The van der Waals surface area contributed by atoms with Crippen molar-refractivity contribution in [3.8, 4) is 0 Å². The van der Waals surface area contributed by atoms with Crippen LogP contribution in [0.5, 0.6) is 0 Å². The zero-order valence-corrected chi connectivity index (χ0v) is 12.9. The number of anilines is 1. The minimum Gasteiger partial charge on any atom is -0.481 e. The Labute approximate surface area is 130 Å². The van der Waals surface area contributed by atoms with Crippen molar-refractivity contribution >= 4 is 45.2 Å². The SMILES string of the molecule is O=C(O)C1CCCN(C(=O)Nc2cccc(Br)c2Cl)C1. The highest BCUT2D eigenvalue weighted by molar-refractivity contribution is 9.10. The minimum absolute atomic E-state index is 0.229. The Morgan fingerprint density at radius 3 is 2.90 bits per heavy atom. The monoisotopic (exact) mass is 360 g/mol. The summed E-state index contributed by atoms with van der Waals surface area (Å²) in [6, 6.07) is 4.92. The van der Waals surface area contributed by atoms with Crippen molar-refractivity contribution < 1.29 is 14.7 Å². The lowest BCUT2D eigenvalue weighted by Crippen LogP contribution is -2.44. The second kappa shape index (κ2) is 6.45. The number of hydrogen-bond acceptors (Lipinski definition) is 2. The number of carbonyl (C=O) groups excluding carboxylic acids is 1. The van der Waals surface area contributed by atoms with Crippen molar-refractivity contribution in [2.45, 2.75) is 12.8 Å². The van der Waals surface area contributed by atoms with Gasteiger partial charge in [0.05, 0.1) is 16.6 Å². The molecule has 1 fully saturated rings. The van der Waals surface area contributed by atoms with Crippen LogP contribution in [0.3, 0.4) is 0 Å². The van der Waals surface area contributed by atoms with E-state index in [2.05, 4.69) is 21.2 Å². The van der Waals surface area contributed by atoms with E-state index in [9.17, 15) is 9.59 Å². The number of halogens is 2. The smallest absolute Gasteiger partial charge is 0.321 e. The molecular formula is C13H14BrClN2O3. The van der Waals surface area contributed by atoms with Gasteiger partial charge in [0, 0.05) is 17.6 Å². The molecule has 7 heteroatoms. The van der Waals surface area contributed by atoms with E-state index in [0.29, 0.717) is 34.6 Å². The van der Waals surface area contributed by atoms with Crippen LogP contribution < -0.4 is 5.32 Å². The first-order valence-corrected chi connectivity index (χ1v) is 7.39. The molecule has 2 N–H and O–H groups in total. The van der Waals surface area contributed by atoms with Gasteiger partial charge in [-0.3, -0.25) is 4.79 Å². The van der Waals surface area contributed by atoms with Gasteiger partial charge in [0.15, 0.2) is 0 Å². The number of hydrogen-bond donors (Lipinski definition) is 2. The minimum atomic E-state index is -0.858. The molecule has 20 heavy (non-hydrogen) atoms. The Bertz CT molecular complexity index is 538. The zero-order valence-electron chi connectivity index (χ0n) is 10.6. The molecule has 0 bridgehead atoms. The third-order valence-corrected chi connectivity index (χ3v) is 4.55. The summed E-state index contributed by atoms with van der Waals surface area (Å²) in [4.78, 5) is 24.7. The molecule has 0 aromatic heterocycles. The highest BCUT2D eigenvalue weighted by Crippen LogP contribution is 2.30. The van der Waals surface area contributed by atoms with Crippen molar-refractivity contribution in [2.75, 3.05) is 18.4 Å². The Balaban J connectivity index is 2.04. The summed E-state index contributed by atoms with van der Waals surface area (Å²) in [7, 11) is 0. The lowest BCUT2D eigenvalue weighted by Gasteiger charge is -2.30. The predicted octanol–water partition coefficient (Wildman–Crippen LogP) is 3.43. The van der Waals surface area contributed by atoms with Crippen molar-refractivity contribution in [1.29, 1.82) is 0 Å². The normalized spacial score (nSPS) is 18.7. The van der Waals surface area contributed by atoms with Gasteiger partial charge in [-0.05, 0) is 40.9 Å². The summed E-state index contributed by atoms with van der Waals surface area (Å²) in [5.74, 6) is -1.35. The van der Waals surface area contributed by atoms with Crippen LogP contribution in [0.4, 0.5) is 10.5 Å². The number of aliphatic carboxylic acids is 1. The van der Waals surface area contributed by atoms with Crippen LogP contribution in [0.15, 0.2) is 22.7 Å². The molecule has 0 spiro atoms. The fourth-order valence-electron chi connectivity index (χ4n) is 2.16. The molecule has 1 aromatic rings. The fourth-order valence-corrected chi connectivity index (χ4v) is 2.70. The summed E-state index contributed by atoms with van der Waals surface area (Å²) in [6.07, 6.45) is 1.30. The Kier molecular flexibility index (Phi) is 4.88. The van der Waals surface area contributed by atoms with E-state index in [1.807, 2.05) is 0 Å². The highest BCUT2D eigenvalue weighted by atomic mass is 79.9. The second-order valence-corrected chi connectivity index (χ2v) is 5.89. The van der Waals surface area contributed by atoms with Crippen molar-refractivity contribution in [2.24, 2.45) is 5.92 Å². The summed E-state index contributed by atoms with van der Waals surface area (Å²) in [5.41, 5.74) is 0.503. The number of carboxylic acid groups (broad SMARTS) is 1. The van der Waals surface area contributed by atoms with E-state index in [0.717, 1.165) is 0 Å². The number of likely N-dealkylation sites (tertiary alicyclic amines) is 1. The van der Waals surface area contributed by atoms with Gasteiger partial charge in [0.1, 0.15) is 0 Å². The predicted molar refractivity (Wildman–Crippen MR) is 80.1 cm³/mol. The maximum atomic E-state index is 12.1. The Morgan fingerprint density at radius 2 is 2.20 bits per heavy atom. The molecule has 1 aliphatic rings. The zero-order chi connectivity index (χ0) is 14.7. The molecule has 1 unspecified atom stereocenters. The molecule has 5 nitrogen and oxygen atoms in total. The van der Waals surface area contributed by atoms with E-state index in [4.69, 9.17) is 16.7 Å². The second-order valence-electron chi connectivity index (χ2n) is 4.65. The van der Waals surface area contributed by atoms with Crippen molar-refractivity contribution in [3.63, 3.8) is 0 Å². The number of carbonyl (C=O) groups is 2. The third-order valence-electron chi connectivity index (χ3n) is 3.25. The quantitative estimate of drug-likeness (QED) is 0.848. The van der Waals surface area contributed by atoms with Crippen molar-refractivity contribution in [1.82, 2.24) is 4.90 Å². The number of nitrogens with one attached hydrogen (secondary N) is 1. The molecular weight excluding hydrogens is 348 g/mol. The maximum absolute atomic E-state index is 12.1. The number of carboxylic acids is 1. The number of piperidine rings is 1. The summed E-state index contributed by atoms with van der Waals surface area (Å²) in [5, 5.41) is 12.2. The largest absolute Gasteiger partial charge is 0.481 e. The summed E-state index contributed by atoms with van der Waals surface area (Å²) >= 11 is 9.37. The van der Waals surface area contributed by atoms with Crippen LogP contribution in [-0.4, -0.2) is 35.1 Å². The lowest BCUT2D eigenvalue weighted by molar-refractivity contribution is -0.143. The molecule has 0 saturated carbocycles. The highest BCUT2D eigenvalue weighted by Gasteiger charge is 2.28. The lowest BCUT2D eigenvalue weighted by atomic mass is 9.99. The molecule has 1 atom stereocenters. The molecule has 0 aliphatic carbocycles. The van der Waals surface area contributed by atoms with Gasteiger partial charge < -0.3 is 15.3 Å². The van der Waals surface area contributed by atoms with Gasteiger partial charge in [-0.1, -0.05) is 17.7 Å². The van der Waals surface area contributed by atoms with Crippen LogP contribution >= 0.6 is 27.5 Å². The number of nitrogens with zero attached hydrogens (tertiary/aromatic N) is 1. The average molecular weight is 362 g/mol. The molecule has 1 aromatic carbocycles. The molecule has 1 saturated heterocycles. The Morgan fingerprint density at radius 1 is 1.45 bits per heavy atom. The van der Waals surface area contributed by atoms with E-state index < -0.39 is 11.9 Å². The van der Waals surface area contributed by atoms with Crippen LogP contribution in [0, 0.1) is 5.92 Å². The van der Waals surface area contributed by atoms with E-state index in [1.54, 1.807) is 18.2 Å². The first-order valence-electron chi connectivity index (χ1n) is 6.22. The van der Waals surface area contributed by atoms with Gasteiger partial charge in [0.25, 0.3) is 0 Å². The number of amides is 2. The topological polar surface area (TPSA) is 69.6 Å². The Hall–Kier alpha value is -1.27. The molecule has 0 radical (unpaired) electrons. The number of urea groups is 1. The molecule has 1 heterocycles. The van der Waals surface area contributed by atoms with E-state index >= 15 is 0 Å². The average Bonchev–Trinajstić information content (AvgIpc) is 2.44. The summed E-state index contributed by atoms with van der Waals surface area (Å²) < 4.78 is 0.694. The van der Waals surface area contributed by atoms with E-state index in [1.165, 1.54) is 4.90 Å². The molecule has 108 valence electrons. The van der Waals surface area contributed by atoms with Gasteiger partial charge in [-0.15, -0.1) is 0 Å². The number of rotatable bonds is 2. The first-order chi connectivity index (χ1) is 9.49. The van der Waals surface area contributed by atoms with Crippen LogP contribution in [0.1, 0.15) is 12.8 Å². The van der Waals surface area contributed by atoms with Crippen LogP contribution in [-0.2, 0) is 4.79 Å². The summed E-state index contributed by atoms with van der Waals surface area (Å²) in [6.45, 7) is 0.786. The molecule has 2 rings (SSSR count). The third kappa shape index (κ3) is 3.43. The van der Waals surface area contributed by atoms with Gasteiger partial charge in [0.2, 0.25) is 0 Å². The van der Waals surface area contributed by atoms with Crippen LogP contribution in [0.25, 0.3) is 0 Å². The molecule has 2 amide bonds. The van der Waals surface area contributed by atoms with Gasteiger partial charge in [-0.25, -0.2) is 4.79 Å². The first kappa shape index (κ1) is 15.1. The van der Waals surface area contributed by atoms with Crippen molar-refractivity contribution in [3.05, 3.63) is 27.7 Å². The van der Waals surface area contributed by atoms with Gasteiger partial charge >= 0.3 is 12.0 Å². The number of benzene rings is 1.